The third kappa shape index (κ3) is 7.04. The highest BCUT2D eigenvalue weighted by Gasteiger charge is 2.10. The molecule has 6 nitrogen and oxygen atoms in total. The molecule has 0 saturated heterocycles. The van der Waals surface area contributed by atoms with Crippen LogP contribution in [0.2, 0.25) is 0 Å². The first-order valence-corrected chi connectivity index (χ1v) is 8.27. The van der Waals surface area contributed by atoms with E-state index < -0.39 is 15.9 Å². The Balaban J connectivity index is 2.33. The lowest BCUT2D eigenvalue weighted by Gasteiger charge is -2.06. The Labute approximate surface area is 117 Å². The number of benzene rings is 1. The second kappa shape index (κ2) is 7.37. The summed E-state index contributed by atoms with van der Waals surface area (Å²) in [4.78, 5) is 11.4. The first-order chi connectivity index (χ1) is 8.89. The van der Waals surface area contributed by atoms with Gasteiger partial charge in [-0.15, -0.1) is 11.8 Å². The lowest BCUT2D eigenvalue weighted by atomic mass is 10.3. The molecule has 0 radical (unpaired) electrons. The van der Waals surface area contributed by atoms with Gasteiger partial charge in [-0.2, -0.15) is 0 Å². The molecule has 1 rings (SSSR count). The third-order valence-electron chi connectivity index (χ3n) is 2.17. The number of carbonyl (C=O) groups excluding carboxylic acids is 1. The van der Waals surface area contributed by atoms with Gasteiger partial charge in [0.1, 0.15) is 0 Å². The molecule has 1 aromatic rings. The van der Waals surface area contributed by atoms with Crippen molar-refractivity contribution in [1.29, 1.82) is 0 Å². The fourth-order valence-electron chi connectivity index (χ4n) is 1.28. The SMILES string of the molecule is NC(=O)CCNS(=O)(=O)CCSc1cccc(N)c1. The van der Waals surface area contributed by atoms with Gasteiger partial charge in [-0.25, -0.2) is 13.1 Å². The van der Waals surface area contributed by atoms with Crippen LogP contribution in [-0.4, -0.2) is 32.4 Å². The standard InChI is InChI=1S/C11H17N3O3S2/c12-9-2-1-3-10(8-9)18-6-7-19(16,17)14-5-4-11(13)15/h1-3,8,14H,4-7,12H2,(H2,13,15). The van der Waals surface area contributed by atoms with Crippen molar-refractivity contribution >= 4 is 33.4 Å². The molecule has 0 saturated carbocycles. The molecule has 0 atom stereocenters. The van der Waals surface area contributed by atoms with Crippen molar-refractivity contribution in [2.75, 3.05) is 23.8 Å². The Morgan fingerprint density at radius 2 is 2.11 bits per heavy atom. The summed E-state index contributed by atoms with van der Waals surface area (Å²) < 4.78 is 25.5. The molecule has 5 N–H and O–H groups in total. The van der Waals surface area contributed by atoms with E-state index in [4.69, 9.17) is 11.5 Å². The number of anilines is 1. The van der Waals surface area contributed by atoms with Crippen molar-refractivity contribution in [2.24, 2.45) is 5.73 Å². The molecule has 1 aromatic carbocycles. The minimum absolute atomic E-state index is 0.00158. The minimum atomic E-state index is -3.37. The highest BCUT2D eigenvalue weighted by Crippen LogP contribution is 2.20. The highest BCUT2D eigenvalue weighted by molar-refractivity contribution is 8.00. The van der Waals surface area contributed by atoms with Gasteiger partial charge in [0.05, 0.1) is 5.75 Å². The molecule has 0 heterocycles. The minimum Gasteiger partial charge on any atom is -0.399 e. The summed E-state index contributed by atoms with van der Waals surface area (Å²) in [7, 11) is -3.37. The zero-order chi connectivity index (χ0) is 14.3. The van der Waals surface area contributed by atoms with E-state index in [2.05, 4.69) is 4.72 Å². The Kier molecular flexibility index (Phi) is 6.13. The number of nitrogens with one attached hydrogen (secondary N) is 1. The molecule has 0 aromatic heterocycles. The lowest BCUT2D eigenvalue weighted by Crippen LogP contribution is -2.30. The van der Waals surface area contributed by atoms with Crippen LogP contribution in [0.5, 0.6) is 0 Å². The fourth-order valence-corrected chi connectivity index (χ4v) is 3.67. The van der Waals surface area contributed by atoms with Crippen LogP contribution in [-0.2, 0) is 14.8 Å². The number of thioether (sulfide) groups is 1. The number of nitrogens with two attached hydrogens (primary N) is 2. The van der Waals surface area contributed by atoms with Crippen molar-refractivity contribution in [2.45, 2.75) is 11.3 Å². The fraction of sp³-hybridized carbons (Fsp3) is 0.364. The van der Waals surface area contributed by atoms with Crippen LogP contribution in [0.25, 0.3) is 0 Å². The lowest BCUT2D eigenvalue weighted by molar-refractivity contribution is -0.117. The van der Waals surface area contributed by atoms with Crippen molar-refractivity contribution in [3.63, 3.8) is 0 Å². The number of sulfonamides is 1. The van der Waals surface area contributed by atoms with Crippen molar-refractivity contribution < 1.29 is 13.2 Å². The van der Waals surface area contributed by atoms with Crippen LogP contribution in [0.4, 0.5) is 5.69 Å². The summed E-state index contributed by atoms with van der Waals surface area (Å²) in [5.74, 6) is -0.141. The quantitative estimate of drug-likeness (QED) is 0.467. The van der Waals surface area contributed by atoms with Crippen LogP contribution >= 0.6 is 11.8 Å². The second-order valence-corrected chi connectivity index (χ2v) is 6.95. The maximum atomic E-state index is 11.6. The smallest absolute Gasteiger partial charge is 0.218 e. The number of hydrogen-bond donors (Lipinski definition) is 3. The molecule has 106 valence electrons. The van der Waals surface area contributed by atoms with Crippen molar-refractivity contribution in [3.8, 4) is 0 Å². The highest BCUT2D eigenvalue weighted by atomic mass is 32.2. The molecule has 0 aliphatic rings. The Hall–Kier alpha value is -1.25. The van der Waals surface area contributed by atoms with Gasteiger partial charge in [0.2, 0.25) is 15.9 Å². The second-order valence-electron chi connectivity index (χ2n) is 3.85. The maximum Gasteiger partial charge on any atom is 0.218 e. The summed E-state index contributed by atoms with van der Waals surface area (Å²) in [5.41, 5.74) is 11.2. The molecule has 0 unspecified atom stereocenters. The Morgan fingerprint density at radius 3 is 2.74 bits per heavy atom. The summed E-state index contributed by atoms with van der Waals surface area (Å²) in [5, 5.41) is 0. The number of nitrogen functional groups attached to an aromatic ring is 1. The average molecular weight is 303 g/mol. The van der Waals surface area contributed by atoms with E-state index in [0.29, 0.717) is 11.4 Å². The van der Waals surface area contributed by atoms with Crippen LogP contribution in [0.1, 0.15) is 6.42 Å². The van der Waals surface area contributed by atoms with Crippen molar-refractivity contribution in [1.82, 2.24) is 4.72 Å². The number of rotatable bonds is 8. The van der Waals surface area contributed by atoms with Gasteiger partial charge in [0, 0.05) is 29.3 Å². The van der Waals surface area contributed by atoms with Crippen LogP contribution in [0.3, 0.4) is 0 Å². The van der Waals surface area contributed by atoms with E-state index in [-0.39, 0.29) is 18.7 Å². The molecule has 0 aliphatic heterocycles. The first-order valence-electron chi connectivity index (χ1n) is 5.63. The molecule has 0 bridgehead atoms. The van der Waals surface area contributed by atoms with Gasteiger partial charge in [0.25, 0.3) is 0 Å². The van der Waals surface area contributed by atoms with Crippen LogP contribution in [0.15, 0.2) is 29.2 Å². The van der Waals surface area contributed by atoms with E-state index in [1.165, 1.54) is 11.8 Å². The number of amides is 1. The van der Waals surface area contributed by atoms with E-state index in [1.807, 2.05) is 12.1 Å². The molecule has 0 fully saturated rings. The number of hydrogen-bond acceptors (Lipinski definition) is 5. The summed E-state index contributed by atoms with van der Waals surface area (Å²) in [6.07, 6.45) is 0.00158. The Bertz CT molecular complexity index is 532. The normalized spacial score (nSPS) is 11.4. The van der Waals surface area contributed by atoms with E-state index in [9.17, 15) is 13.2 Å². The molecule has 0 aliphatic carbocycles. The predicted octanol–water partition coefficient (Wildman–Crippen LogP) is 0.156. The van der Waals surface area contributed by atoms with E-state index in [0.717, 1.165) is 4.90 Å². The van der Waals surface area contributed by atoms with Gasteiger partial charge in [0.15, 0.2) is 0 Å². The van der Waals surface area contributed by atoms with Gasteiger partial charge in [-0.3, -0.25) is 4.79 Å². The average Bonchev–Trinajstić information content (AvgIpc) is 2.27. The van der Waals surface area contributed by atoms with Gasteiger partial charge < -0.3 is 11.5 Å². The molecular weight excluding hydrogens is 286 g/mol. The third-order valence-corrected chi connectivity index (χ3v) is 4.81. The monoisotopic (exact) mass is 303 g/mol. The molecular formula is C11H17N3O3S2. The van der Waals surface area contributed by atoms with Crippen LogP contribution in [0, 0.1) is 0 Å². The van der Waals surface area contributed by atoms with E-state index >= 15 is 0 Å². The summed E-state index contributed by atoms with van der Waals surface area (Å²) >= 11 is 1.41. The molecule has 1 amide bonds. The maximum absolute atomic E-state index is 11.6. The Morgan fingerprint density at radius 1 is 1.37 bits per heavy atom. The van der Waals surface area contributed by atoms with Gasteiger partial charge >= 0.3 is 0 Å². The van der Waals surface area contributed by atoms with E-state index in [1.54, 1.807) is 12.1 Å². The predicted molar refractivity (Wildman–Crippen MR) is 77.2 cm³/mol. The molecule has 8 heteroatoms. The van der Waals surface area contributed by atoms with Crippen LogP contribution < -0.4 is 16.2 Å². The molecule has 19 heavy (non-hydrogen) atoms. The number of primary amides is 1. The van der Waals surface area contributed by atoms with Gasteiger partial charge in [-0.1, -0.05) is 6.07 Å². The molecule has 0 spiro atoms. The summed E-state index contributed by atoms with van der Waals surface area (Å²) in [6, 6.07) is 7.25. The van der Waals surface area contributed by atoms with Gasteiger partial charge in [-0.05, 0) is 18.2 Å². The topological polar surface area (TPSA) is 115 Å². The largest absolute Gasteiger partial charge is 0.399 e. The first kappa shape index (κ1) is 15.8. The van der Waals surface area contributed by atoms with Crippen molar-refractivity contribution in [3.05, 3.63) is 24.3 Å². The summed E-state index contributed by atoms with van der Waals surface area (Å²) in [6.45, 7) is 0.0423. The number of carbonyl (C=O) groups is 1. The zero-order valence-electron chi connectivity index (χ0n) is 10.3. The zero-order valence-corrected chi connectivity index (χ0v) is 12.0.